The Morgan fingerprint density at radius 1 is 1.38 bits per heavy atom. The van der Waals surface area contributed by atoms with Crippen LogP contribution in [0.1, 0.15) is 0 Å². The highest BCUT2D eigenvalue weighted by molar-refractivity contribution is 5.81. The summed E-state index contributed by atoms with van der Waals surface area (Å²) in [6.45, 7) is -1.28. The van der Waals surface area contributed by atoms with Crippen molar-refractivity contribution in [3.8, 4) is 5.75 Å². The molecule has 8 heteroatoms. The Balaban J connectivity index is 1.97. The molecule has 0 aliphatic carbocycles. The highest BCUT2D eigenvalue weighted by atomic mass is 19.3. The number of hydrogen-bond donors (Lipinski definition) is 1. The van der Waals surface area contributed by atoms with Gasteiger partial charge in [0.15, 0.2) is 0 Å². The van der Waals surface area contributed by atoms with Crippen LogP contribution in [0.4, 0.5) is 18.9 Å². The number of halogens is 3. The van der Waals surface area contributed by atoms with E-state index in [1.165, 1.54) is 0 Å². The van der Waals surface area contributed by atoms with Gasteiger partial charge < -0.3 is 19.7 Å². The van der Waals surface area contributed by atoms with Gasteiger partial charge in [-0.1, -0.05) is 0 Å². The summed E-state index contributed by atoms with van der Waals surface area (Å²) in [5, 5.41) is 2.63. The van der Waals surface area contributed by atoms with Crippen LogP contribution in [-0.2, 0) is 9.53 Å². The normalized spacial score (nSPS) is 15.1. The number of morpholine rings is 1. The Morgan fingerprint density at radius 3 is 2.76 bits per heavy atom. The van der Waals surface area contributed by atoms with Crippen LogP contribution >= 0.6 is 0 Å². The minimum absolute atomic E-state index is 0.0110. The van der Waals surface area contributed by atoms with Crippen molar-refractivity contribution in [1.82, 2.24) is 4.90 Å². The second-order valence-electron chi connectivity index (χ2n) is 4.37. The lowest BCUT2D eigenvalue weighted by Gasteiger charge is -2.27. The van der Waals surface area contributed by atoms with E-state index in [0.29, 0.717) is 26.3 Å². The lowest BCUT2D eigenvalue weighted by molar-refractivity contribution is -0.133. The Bertz CT molecular complexity index is 494. The number of rotatable bonds is 5. The standard InChI is InChI=1S/C13H15F3N2O3/c14-9-1-2-11(21-13(15)16)10(7-9)17-8-12(19)18-3-5-20-6-4-18/h1-2,7,13,17H,3-6,8H2. The first kappa shape index (κ1) is 15.4. The van der Waals surface area contributed by atoms with Crippen LogP contribution in [0.2, 0.25) is 0 Å². The third kappa shape index (κ3) is 4.52. The first-order valence-electron chi connectivity index (χ1n) is 6.40. The largest absolute Gasteiger partial charge is 0.433 e. The number of carbonyl (C=O) groups is 1. The minimum atomic E-state index is -3.02. The van der Waals surface area contributed by atoms with E-state index >= 15 is 0 Å². The van der Waals surface area contributed by atoms with Crippen LogP contribution in [0.25, 0.3) is 0 Å². The molecule has 0 atom stereocenters. The zero-order valence-electron chi connectivity index (χ0n) is 11.2. The van der Waals surface area contributed by atoms with E-state index < -0.39 is 12.4 Å². The van der Waals surface area contributed by atoms with Crippen molar-refractivity contribution in [1.29, 1.82) is 0 Å². The Labute approximate surface area is 119 Å². The molecule has 1 heterocycles. The van der Waals surface area contributed by atoms with E-state index in [9.17, 15) is 18.0 Å². The summed E-state index contributed by atoms with van der Waals surface area (Å²) in [5.41, 5.74) is 0.0110. The van der Waals surface area contributed by atoms with Gasteiger partial charge in [0.25, 0.3) is 0 Å². The van der Waals surface area contributed by atoms with Gasteiger partial charge in [-0.3, -0.25) is 4.79 Å². The number of anilines is 1. The lowest BCUT2D eigenvalue weighted by Crippen LogP contribution is -2.43. The number of ether oxygens (including phenoxy) is 2. The molecule has 1 aromatic carbocycles. The number of nitrogens with one attached hydrogen (secondary N) is 1. The third-order valence-corrected chi connectivity index (χ3v) is 2.95. The van der Waals surface area contributed by atoms with Gasteiger partial charge in [0.05, 0.1) is 25.4 Å². The Morgan fingerprint density at radius 2 is 2.10 bits per heavy atom. The molecule has 1 amide bonds. The second-order valence-corrected chi connectivity index (χ2v) is 4.37. The second kappa shape index (κ2) is 7.16. The van der Waals surface area contributed by atoms with Crippen LogP contribution < -0.4 is 10.1 Å². The molecule has 0 aromatic heterocycles. The topological polar surface area (TPSA) is 50.8 Å². The molecule has 0 spiro atoms. The predicted octanol–water partition coefficient (Wildman–Crippen LogP) is 1.70. The SMILES string of the molecule is O=C(CNc1cc(F)ccc1OC(F)F)N1CCOCC1. The number of hydrogen-bond acceptors (Lipinski definition) is 4. The smallest absolute Gasteiger partial charge is 0.387 e. The number of nitrogens with zero attached hydrogens (tertiary/aromatic N) is 1. The summed E-state index contributed by atoms with van der Waals surface area (Å²) in [6.07, 6.45) is 0. The molecular weight excluding hydrogens is 289 g/mol. The zero-order chi connectivity index (χ0) is 15.2. The number of alkyl halides is 2. The van der Waals surface area contributed by atoms with Gasteiger partial charge in [-0.15, -0.1) is 0 Å². The van der Waals surface area contributed by atoms with Crippen LogP contribution in [0.3, 0.4) is 0 Å². The molecule has 0 unspecified atom stereocenters. The van der Waals surface area contributed by atoms with Gasteiger partial charge in [0.1, 0.15) is 11.6 Å². The monoisotopic (exact) mass is 304 g/mol. The molecular formula is C13H15F3N2O3. The van der Waals surface area contributed by atoms with E-state index in [-0.39, 0.29) is 23.9 Å². The maximum atomic E-state index is 13.2. The highest BCUT2D eigenvalue weighted by Gasteiger charge is 2.17. The molecule has 0 radical (unpaired) electrons. The summed E-state index contributed by atoms with van der Waals surface area (Å²) in [4.78, 5) is 13.5. The van der Waals surface area contributed by atoms with E-state index in [4.69, 9.17) is 4.74 Å². The summed E-state index contributed by atoms with van der Waals surface area (Å²) in [6, 6.07) is 3.10. The van der Waals surface area contributed by atoms with E-state index in [2.05, 4.69) is 10.1 Å². The molecule has 21 heavy (non-hydrogen) atoms. The van der Waals surface area contributed by atoms with Crippen molar-refractivity contribution in [3.05, 3.63) is 24.0 Å². The van der Waals surface area contributed by atoms with Gasteiger partial charge >= 0.3 is 6.61 Å². The van der Waals surface area contributed by atoms with Crippen LogP contribution in [-0.4, -0.2) is 50.3 Å². The number of carbonyl (C=O) groups excluding carboxylic acids is 1. The molecule has 1 aliphatic heterocycles. The summed E-state index contributed by atoms with van der Waals surface area (Å²) in [5.74, 6) is -1.04. The van der Waals surface area contributed by atoms with Gasteiger partial charge in [-0.25, -0.2) is 4.39 Å². The molecule has 116 valence electrons. The van der Waals surface area contributed by atoms with Crippen molar-refractivity contribution >= 4 is 11.6 Å². The predicted molar refractivity (Wildman–Crippen MR) is 68.9 cm³/mol. The first-order chi connectivity index (χ1) is 10.1. The van der Waals surface area contributed by atoms with Crippen molar-refractivity contribution in [2.24, 2.45) is 0 Å². The molecule has 2 rings (SSSR count). The average molecular weight is 304 g/mol. The molecule has 0 bridgehead atoms. The van der Waals surface area contributed by atoms with Crippen molar-refractivity contribution in [2.75, 3.05) is 38.2 Å². The number of amides is 1. The van der Waals surface area contributed by atoms with E-state index in [1.54, 1.807) is 4.90 Å². The molecule has 1 fully saturated rings. The van der Waals surface area contributed by atoms with Gasteiger partial charge in [0, 0.05) is 19.2 Å². The van der Waals surface area contributed by atoms with Crippen molar-refractivity contribution in [2.45, 2.75) is 6.61 Å². The number of benzene rings is 1. The molecule has 1 saturated heterocycles. The van der Waals surface area contributed by atoms with Gasteiger partial charge in [0.2, 0.25) is 5.91 Å². The first-order valence-corrected chi connectivity index (χ1v) is 6.40. The molecule has 5 nitrogen and oxygen atoms in total. The average Bonchev–Trinajstić information content (AvgIpc) is 2.47. The highest BCUT2D eigenvalue weighted by Crippen LogP contribution is 2.26. The summed E-state index contributed by atoms with van der Waals surface area (Å²) in [7, 11) is 0. The van der Waals surface area contributed by atoms with Crippen molar-refractivity contribution in [3.63, 3.8) is 0 Å². The van der Waals surface area contributed by atoms with Gasteiger partial charge in [-0.2, -0.15) is 8.78 Å². The fraction of sp³-hybridized carbons (Fsp3) is 0.462. The molecule has 1 aromatic rings. The van der Waals surface area contributed by atoms with Crippen LogP contribution in [0, 0.1) is 5.82 Å². The third-order valence-electron chi connectivity index (χ3n) is 2.95. The van der Waals surface area contributed by atoms with Gasteiger partial charge in [-0.05, 0) is 12.1 Å². The van der Waals surface area contributed by atoms with Crippen molar-refractivity contribution < 1.29 is 27.4 Å². The fourth-order valence-corrected chi connectivity index (χ4v) is 1.93. The Hall–Kier alpha value is -1.96. The zero-order valence-corrected chi connectivity index (χ0v) is 11.2. The summed E-state index contributed by atoms with van der Waals surface area (Å²) < 4.78 is 47.1. The lowest BCUT2D eigenvalue weighted by atomic mass is 10.2. The quantitative estimate of drug-likeness (QED) is 0.899. The Kier molecular flexibility index (Phi) is 5.26. The molecule has 1 aliphatic rings. The summed E-state index contributed by atoms with van der Waals surface area (Å²) >= 11 is 0. The molecule has 0 saturated carbocycles. The van der Waals surface area contributed by atoms with Crippen LogP contribution in [0.5, 0.6) is 5.75 Å². The van der Waals surface area contributed by atoms with E-state index in [1.807, 2.05) is 0 Å². The fourth-order valence-electron chi connectivity index (χ4n) is 1.93. The molecule has 1 N–H and O–H groups in total. The maximum Gasteiger partial charge on any atom is 0.387 e. The van der Waals surface area contributed by atoms with Crippen LogP contribution in [0.15, 0.2) is 18.2 Å². The maximum absolute atomic E-state index is 13.2. The minimum Gasteiger partial charge on any atom is -0.433 e. The van der Waals surface area contributed by atoms with E-state index in [0.717, 1.165) is 18.2 Å².